The van der Waals surface area contributed by atoms with E-state index in [4.69, 9.17) is 4.74 Å². The Morgan fingerprint density at radius 1 is 1.47 bits per heavy atom. The third-order valence-electron chi connectivity index (χ3n) is 2.89. The number of ether oxygens (including phenoxy) is 1. The third kappa shape index (κ3) is 5.44. The number of benzene rings is 1. The molecule has 0 aromatic heterocycles. The van der Waals surface area contributed by atoms with E-state index >= 15 is 0 Å². The van der Waals surface area contributed by atoms with Crippen molar-refractivity contribution in [1.29, 1.82) is 0 Å². The maximum atomic E-state index is 13.0. The number of nitrogens with one attached hydrogen (secondary N) is 1. The number of carbonyl (C=O) groups excluding carboxylic acids is 1. The highest BCUT2D eigenvalue weighted by Gasteiger charge is 2.19. The van der Waals surface area contributed by atoms with Gasteiger partial charge in [0.2, 0.25) is 0 Å². The molecule has 0 saturated heterocycles. The van der Waals surface area contributed by atoms with E-state index in [0.29, 0.717) is 22.3 Å². The van der Waals surface area contributed by atoms with Crippen LogP contribution in [-0.4, -0.2) is 26.2 Å². The second-order valence-electron chi connectivity index (χ2n) is 5.21. The average molecular weight is 379 g/mol. The SMILES string of the molecule is COCCC(C)(C)CNC(=O)c1ccc(F)cc1I. The molecular formula is C14H19FINO2. The van der Waals surface area contributed by atoms with Crippen LogP contribution in [-0.2, 0) is 4.74 Å². The van der Waals surface area contributed by atoms with E-state index in [1.54, 1.807) is 7.11 Å². The first-order valence-electron chi connectivity index (χ1n) is 6.08. The van der Waals surface area contributed by atoms with E-state index in [1.165, 1.54) is 18.2 Å². The van der Waals surface area contributed by atoms with Gasteiger partial charge in [-0.05, 0) is 52.6 Å². The van der Waals surface area contributed by atoms with Crippen molar-refractivity contribution < 1.29 is 13.9 Å². The molecule has 0 spiro atoms. The van der Waals surface area contributed by atoms with Crippen LogP contribution in [0.4, 0.5) is 4.39 Å². The van der Waals surface area contributed by atoms with Gasteiger partial charge in [-0.15, -0.1) is 0 Å². The maximum Gasteiger partial charge on any atom is 0.252 e. The summed E-state index contributed by atoms with van der Waals surface area (Å²) in [5.41, 5.74) is 0.474. The first-order valence-corrected chi connectivity index (χ1v) is 7.16. The van der Waals surface area contributed by atoms with E-state index in [9.17, 15) is 9.18 Å². The fourth-order valence-corrected chi connectivity index (χ4v) is 2.28. The summed E-state index contributed by atoms with van der Waals surface area (Å²) in [4.78, 5) is 12.0. The zero-order chi connectivity index (χ0) is 14.5. The third-order valence-corrected chi connectivity index (χ3v) is 3.78. The Morgan fingerprint density at radius 2 is 2.16 bits per heavy atom. The van der Waals surface area contributed by atoms with Gasteiger partial charge < -0.3 is 10.1 Å². The summed E-state index contributed by atoms with van der Waals surface area (Å²) in [6, 6.07) is 4.16. The van der Waals surface area contributed by atoms with E-state index in [1.807, 2.05) is 22.6 Å². The molecule has 106 valence electrons. The molecular weight excluding hydrogens is 360 g/mol. The van der Waals surface area contributed by atoms with Crippen molar-refractivity contribution in [2.75, 3.05) is 20.3 Å². The van der Waals surface area contributed by atoms with Gasteiger partial charge in [-0.2, -0.15) is 0 Å². The lowest BCUT2D eigenvalue weighted by atomic mass is 9.89. The highest BCUT2D eigenvalue weighted by atomic mass is 127. The summed E-state index contributed by atoms with van der Waals surface area (Å²) in [6.07, 6.45) is 0.865. The van der Waals surface area contributed by atoms with Crippen molar-refractivity contribution in [3.63, 3.8) is 0 Å². The van der Waals surface area contributed by atoms with E-state index in [-0.39, 0.29) is 17.1 Å². The molecule has 1 aromatic carbocycles. The minimum atomic E-state index is -0.332. The number of carbonyl (C=O) groups is 1. The lowest BCUT2D eigenvalue weighted by molar-refractivity contribution is 0.0920. The molecule has 1 rings (SSSR count). The quantitative estimate of drug-likeness (QED) is 0.771. The van der Waals surface area contributed by atoms with Crippen LogP contribution in [0.5, 0.6) is 0 Å². The Kier molecular flexibility index (Phi) is 6.19. The molecule has 0 atom stereocenters. The zero-order valence-corrected chi connectivity index (χ0v) is 13.6. The van der Waals surface area contributed by atoms with Crippen LogP contribution in [0, 0.1) is 14.8 Å². The molecule has 0 unspecified atom stereocenters. The smallest absolute Gasteiger partial charge is 0.252 e. The number of methoxy groups -OCH3 is 1. The van der Waals surface area contributed by atoms with Crippen LogP contribution >= 0.6 is 22.6 Å². The zero-order valence-electron chi connectivity index (χ0n) is 11.4. The molecule has 3 nitrogen and oxygen atoms in total. The van der Waals surface area contributed by atoms with Crippen LogP contribution < -0.4 is 5.32 Å². The summed E-state index contributed by atoms with van der Waals surface area (Å²) >= 11 is 1.96. The standard InChI is InChI=1S/C14H19FINO2/c1-14(2,6-7-19-3)9-17-13(18)11-5-4-10(15)8-12(11)16/h4-5,8H,6-7,9H2,1-3H3,(H,17,18). The highest BCUT2D eigenvalue weighted by Crippen LogP contribution is 2.19. The molecule has 0 bridgehead atoms. The lowest BCUT2D eigenvalue weighted by Crippen LogP contribution is -2.35. The first kappa shape index (κ1) is 16.4. The second kappa shape index (κ2) is 7.19. The summed E-state index contributed by atoms with van der Waals surface area (Å²) in [7, 11) is 1.66. The van der Waals surface area contributed by atoms with Gasteiger partial charge in [0.05, 0.1) is 5.56 Å². The Morgan fingerprint density at radius 3 is 2.74 bits per heavy atom. The van der Waals surface area contributed by atoms with E-state index in [2.05, 4.69) is 19.2 Å². The van der Waals surface area contributed by atoms with Gasteiger partial charge in [-0.25, -0.2) is 4.39 Å². The van der Waals surface area contributed by atoms with Crippen molar-refractivity contribution in [2.24, 2.45) is 5.41 Å². The van der Waals surface area contributed by atoms with Crippen molar-refractivity contribution in [1.82, 2.24) is 5.32 Å². The molecule has 1 aromatic rings. The van der Waals surface area contributed by atoms with Gasteiger partial charge >= 0.3 is 0 Å². The predicted octanol–water partition coefficient (Wildman–Crippen LogP) is 3.22. The Balaban J connectivity index is 2.60. The van der Waals surface area contributed by atoms with Crippen LogP contribution in [0.15, 0.2) is 18.2 Å². The molecule has 0 fully saturated rings. The molecule has 1 N–H and O–H groups in total. The number of amides is 1. The monoisotopic (exact) mass is 379 g/mol. The maximum absolute atomic E-state index is 13.0. The topological polar surface area (TPSA) is 38.3 Å². The molecule has 0 saturated carbocycles. The normalized spacial score (nSPS) is 11.4. The molecule has 5 heteroatoms. The highest BCUT2D eigenvalue weighted by molar-refractivity contribution is 14.1. The van der Waals surface area contributed by atoms with Gasteiger partial charge in [0.1, 0.15) is 5.82 Å². The summed E-state index contributed by atoms with van der Waals surface area (Å²) < 4.78 is 18.6. The Hall–Kier alpha value is -0.690. The van der Waals surface area contributed by atoms with Gasteiger partial charge in [0.15, 0.2) is 0 Å². The van der Waals surface area contributed by atoms with Gasteiger partial charge in [0, 0.05) is 23.8 Å². The van der Waals surface area contributed by atoms with E-state index < -0.39 is 0 Å². The molecule has 1 amide bonds. The second-order valence-corrected chi connectivity index (χ2v) is 6.38. The average Bonchev–Trinajstić information content (AvgIpc) is 2.34. The summed E-state index contributed by atoms with van der Waals surface area (Å²) in [5, 5.41) is 2.89. The predicted molar refractivity (Wildman–Crippen MR) is 81.7 cm³/mol. The number of halogens is 2. The Bertz CT molecular complexity index is 449. The molecule has 0 radical (unpaired) electrons. The Labute approximate surface area is 127 Å². The van der Waals surface area contributed by atoms with Crippen molar-refractivity contribution in [2.45, 2.75) is 20.3 Å². The number of rotatable bonds is 6. The van der Waals surface area contributed by atoms with Crippen LogP contribution in [0.3, 0.4) is 0 Å². The van der Waals surface area contributed by atoms with Crippen LogP contribution in [0.25, 0.3) is 0 Å². The molecule has 0 aliphatic heterocycles. The number of hydrogen-bond donors (Lipinski definition) is 1. The van der Waals surface area contributed by atoms with E-state index in [0.717, 1.165) is 6.42 Å². The minimum absolute atomic E-state index is 0.0306. The minimum Gasteiger partial charge on any atom is -0.385 e. The molecule has 0 aliphatic carbocycles. The molecule has 19 heavy (non-hydrogen) atoms. The van der Waals surface area contributed by atoms with Crippen LogP contribution in [0.2, 0.25) is 0 Å². The van der Waals surface area contributed by atoms with Crippen molar-refractivity contribution >= 4 is 28.5 Å². The van der Waals surface area contributed by atoms with Crippen molar-refractivity contribution in [3.8, 4) is 0 Å². The molecule has 0 heterocycles. The fraction of sp³-hybridized carbons (Fsp3) is 0.500. The summed E-state index contributed by atoms with van der Waals surface area (Å²) in [6.45, 7) is 5.36. The lowest BCUT2D eigenvalue weighted by Gasteiger charge is -2.24. The van der Waals surface area contributed by atoms with Crippen LogP contribution in [0.1, 0.15) is 30.6 Å². The van der Waals surface area contributed by atoms with Gasteiger partial charge in [0.25, 0.3) is 5.91 Å². The summed E-state index contributed by atoms with van der Waals surface area (Å²) in [5.74, 6) is -0.503. The first-order chi connectivity index (χ1) is 8.85. The number of hydrogen-bond acceptors (Lipinski definition) is 2. The largest absolute Gasteiger partial charge is 0.385 e. The van der Waals surface area contributed by atoms with Gasteiger partial charge in [-0.1, -0.05) is 13.8 Å². The van der Waals surface area contributed by atoms with Crippen molar-refractivity contribution in [3.05, 3.63) is 33.1 Å². The fourth-order valence-electron chi connectivity index (χ4n) is 1.56. The van der Waals surface area contributed by atoms with Gasteiger partial charge in [-0.3, -0.25) is 4.79 Å². The molecule has 0 aliphatic rings.